The van der Waals surface area contributed by atoms with Crippen LogP contribution in [0.2, 0.25) is 5.15 Å². The second-order valence-electron chi connectivity index (χ2n) is 5.12. The first-order chi connectivity index (χ1) is 8.15. The second-order valence-corrected chi connectivity index (χ2v) is 5.51. The van der Waals surface area contributed by atoms with Crippen LogP contribution in [0.4, 0.5) is 5.82 Å². The summed E-state index contributed by atoms with van der Waals surface area (Å²) in [5.41, 5.74) is 0. The maximum atomic E-state index is 6.00. The van der Waals surface area contributed by atoms with Gasteiger partial charge in [-0.3, -0.25) is 0 Å². The largest absolute Gasteiger partial charge is 0.370 e. The molecule has 94 valence electrons. The van der Waals surface area contributed by atoms with Crippen molar-refractivity contribution >= 4 is 17.4 Å². The molecule has 0 saturated heterocycles. The van der Waals surface area contributed by atoms with Crippen molar-refractivity contribution in [3.05, 3.63) is 17.0 Å². The minimum atomic E-state index is 0.306. The molecule has 0 amide bonds. The van der Waals surface area contributed by atoms with E-state index in [-0.39, 0.29) is 0 Å². The summed E-state index contributed by atoms with van der Waals surface area (Å²) >= 11 is 6.00. The molecule has 1 aromatic heterocycles. The van der Waals surface area contributed by atoms with Crippen LogP contribution in [-0.2, 0) is 0 Å². The lowest BCUT2D eigenvalue weighted by Gasteiger charge is -2.12. The van der Waals surface area contributed by atoms with Crippen LogP contribution in [0, 0.1) is 5.92 Å². The summed E-state index contributed by atoms with van der Waals surface area (Å²) in [7, 11) is 0. The molecule has 3 nitrogen and oxygen atoms in total. The molecule has 1 heterocycles. The molecule has 0 aromatic carbocycles. The van der Waals surface area contributed by atoms with E-state index in [4.69, 9.17) is 11.6 Å². The summed E-state index contributed by atoms with van der Waals surface area (Å²) in [4.78, 5) is 8.71. The van der Waals surface area contributed by atoms with Gasteiger partial charge in [0.15, 0.2) is 0 Å². The molecule has 1 aromatic rings. The molecule has 4 heteroatoms. The predicted octanol–water partition coefficient (Wildman–Crippen LogP) is 3.86. The molecule has 1 N–H and O–H groups in total. The van der Waals surface area contributed by atoms with E-state index < -0.39 is 0 Å². The van der Waals surface area contributed by atoms with Gasteiger partial charge in [-0.25, -0.2) is 9.97 Å². The zero-order valence-corrected chi connectivity index (χ0v) is 11.3. The molecule has 0 bridgehead atoms. The van der Waals surface area contributed by atoms with Gasteiger partial charge in [-0.1, -0.05) is 38.3 Å². The molecule has 17 heavy (non-hydrogen) atoms. The summed E-state index contributed by atoms with van der Waals surface area (Å²) in [6.45, 7) is 5.16. The van der Waals surface area contributed by atoms with Gasteiger partial charge >= 0.3 is 0 Å². The molecule has 0 aliphatic heterocycles. The zero-order chi connectivity index (χ0) is 12.3. The van der Waals surface area contributed by atoms with Gasteiger partial charge < -0.3 is 5.32 Å². The summed E-state index contributed by atoms with van der Waals surface area (Å²) in [6, 6.07) is 1.81. The van der Waals surface area contributed by atoms with Crippen LogP contribution in [0.1, 0.15) is 51.3 Å². The van der Waals surface area contributed by atoms with E-state index in [1.54, 1.807) is 0 Å². The average Bonchev–Trinajstić information content (AvgIpc) is 2.78. The van der Waals surface area contributed by atoms with Crippen molar-refractivity contribution in [2.75, 3.05) is 11.9 Å². The molecule has 0 unspecified atom stereocenters. The van der Waals surface area contributed by atoms with E-state index in [0.717, 1.165) is 24.1 Å². The Morgan fingerprint density at radius 1 is 1.35 bits per heavy atom. The third-order valence-electron chi connectivity index (χ3n) is 3.28. The number of halogens is 1. The first kappa shape index (κ1) is 12.6. The monoisotopic (exact) mass is 253 g/mol. The Morgan fingerprint density at radius 2 is 2.06 bits per heavy atom. The molecule has 1 saturated carbocycles. The van der Waals surface area contributed by atoms with Crippen molar-refractivity contribution in [3.8, 4) is 0 Å². The van der Waals surface area contributed by atoms with E-state index in [2.05, 4.69) is 29.1 Å². The number of hydrogen-bond acceptors (Lipinski definition) is 3. The fourth-order valence-corrected chi connectivity index (χ4v) is 2.44. The van der Waals surface area contributed by atoms with Gasteiger partial charge in [-0.15, -0.1) is 0 Å². The molecule has 2 rings (SSSR count). The smallest absolute Gasteiger partial charge is 0.135 e. The highest BCUT2D eigenvalue weighted by molar-refractivity contribution is 6.29. The van der Waals surface area contributed by atoms with Crippen LogP contribution in [-0.4, -0.2) is 16.5 Å². The van der Waals surface area contributed by atoms with E-state index in [1.807, 2.05) is 6.07 Å². The Kier molecular flexibility index (Phi) is 4.21. The van der Waals surface area contributed by atoms with Crippen molar-refractivity contribution in [1.82, 2.24) is 9.97 Å². The van der Waals surface area contributed by atoms with Crippen LogP contribution in [0.3, 0.4) is 0 Å². The van der Waals surface area contributed by atoms with E-state index in [1.165, 1.54) is 25.7 Å². The van der Waals surface area contributed by atoms with Crippen LogP contribution in [0.25, 0.3) is 0 Å². The highest BCUT2D eigenvalue weighted by Crippen LogP contribution is 2.25. The molecule has 1 fully saturated rings. The molecular formula is C13H20ClN3. The lowest BCUT2D eigenvalue weighted by molar-refractivity contribution is 0.578. The first-order valence-electron chi connectivity index (χ1n) is 6.43. The van der Waals surface area contributed by atoms with E-state index in [9.17, 15) is 0 Å². The number of nitrogens with zero attached hydrogens (tertiary/aromatic N) is 2. The van der Waals surface area contributed by atoms with Crippen molar-refractivity contribution in [3.63, 3.8) is 0 Å². The lowest BCUT2D eigenvalue weighted by Crippen LogP contribution is -2.13. The van der Waals surface area contributed by atoms with Crippen molar-refractivity contribution in [1.29, 1.82) is 0 Å². The third kappa shape index (κ3) is 3.56. The number of rotatable bonds is 4. The number of hydrogen-bond donors (Lipinski definition) is 1. The molecule has 0 spiro atoms. The number of aromatic nitrogens is 2. The van der Waals surface area contributed by atoms with Gasteiger partial charge in [0.25, 0.3) is 0 Å². The quantitative estimate of drug-likeness (QED) is 0.828. The minimum absolute atomic E-state index is 0.306. The maximum absolute atomic E-state index is 6.00. The maximum Gasteiger partial charge on any atom is 0.135 e. The fourth-order valence-electron chi connectivity index (χ4n) is 2.25. The molecule has 0 atom stereocenters. The minimum Gasteiger partial charge on any atom is -0.370 e. The number of anilines is 1. The Hall–Kier alpha value is -0.830. The Labute approximate surface area is 108 Å². The average molecular weight is 254 g/mol. The van der Waals surface area contributed by atoms with Crippen LogP contribution in [0.5, 0.6) is 0 Å². The molecular weight excluding hydrogens is 234 g/mol. The van der Waals surface area contributed by atoms with Crippen LogP contribution < -0.4 is 5.32 Å². The fraction of sp³-hybridized carbons (Fsp3) is 0.692. The van der Waals surface area contributed by atoms with Crippen LogP contribution in [0.15, 0.2) is 6.07 Å². The van der Waals surface area contributed by atoms with Gasteiger partial charge in [0.2, 0.25) is 0 Å². The third-order valence-corrected chi connectivity index (χ3v) is 3.47. The summed E-state index contributed by atoms with van der Waals surface area (Å²) in [5, 5.41) is 3.91. The van der Waals surface area contributed by atoms with E-state index in [0.29, 0.717) is 11.1 Å². The SMILES string of the molecule is CC(C)c1nc(Cl)cc(NCC2CCCC2)n1. The molecule has 1 aliphatic carbocycles. The normalized spacial score (nSPS) is 16.7. The first-order valence-corrected chi connectivity index (χ1v) is 6.81. The Morgan fingerprint density at radius 3 is 2.71 bits per heavy atom. The van der Waals surface area contributed by atoms with E-state index >= 15 is 0 Å². The summed E-state index contributed by atoms with van der Waals surface area (Å²) < 4.78 is 0. The van der Waals surface area contributed by atoms with Gasteiger partial charge in [0, 0.05) is 18.5 Å². The van der Waals surface area contributed by atoms with Gasteiger partial charge in [-0.05, 0) is 18.8 Å². The molecule has 0 radical (unpaired) electrons. The highest BCUT2D eigenvalue weighted by atomic mass is 35.5. The lowest BCUT2D eigenvalue weighted by atomic mass is 10.1. The standard InChI is InChI=1S/C13H20ClN3/c1-9(2)13-16-11(14)7-12(17-13)15-8-10-5-3-4-6-10/h7,9-10H,3-6,8H2,1-2H3,(H,15,16,17). The number of nitrogens with one attached hydrogen (secondary N) is 1. The predicted molar refractivity (Wildman–Crippen MR) is 71.6 cm³/mol. The van der Waals surface area contributed by atoms with Crippen molar-refractivity contribution < 1.29 is 0 Å². The van der Waals surface area contributed by atoms with Gasteiger partial charge in [0.1, 0.15) is 16.8 Å². The van der Waals surface area contributed by atoms with Crippen molar-refractivity contribution in [2.24, 2.45) is 5.92 Å². The Balaban J connectivity index is 1.99. The summed E-state index contributed by atoms with van der Waals surface area (Å²) in [5.74, 6) is 2.78. The second kappa shape index (κ2) is 5.67. The Bertz CT molecular complexity index is 373. The van der Waals surface area contributed by atoms with Crippen molar-refractivity contribution in [2.45, 2.75) is 45.4 Å². The molecule has 1 aliphatic rings. The van der Waals surface area contributed by atoms with Crippen LogP contribution >= 0.6 is 11.6 Å². The highest BCUT2D eigenvalue weighted by Gasteiger charge is 2.15. The topological polar surface area (TPSA) is 37.8 Å². The zero-order valence-electron chi connectivity index (χ0n) is 10.5. The van der Waals surface area contributed by atoms with Gasteiger partial charge in [0.05, 0.1) is 0 Å². The summed E-state index contributed by atoms with van der Waals surface area (Å²) in [6.07, 6.45) is 5.41. The van der Waals surface area contributed by atoms with Gasteiger partial charge in [-0.2, -0.15) is 0 Å².